The first-order valence-corrected chi connectivity index (χ1v) is 16.4. The molecule has 1 aliphatic heterocycles. The van der Waals surface area contributed by atoms with Gasteiger partial charge >= 0.3 is 5.97 Å². The van der Waals surface area contributed by atoms with Crippen molar-refractivity contribution in [2.45, 2.75) is 65.3 Å². The van der Waals surface area contributed by atoms with Gasteiger partial charge < -0.3 is 29.5 Å². The van der Waals surface area contributed by atoms with Crippen LogP contribution in [0.1, 0.15) is 89.2 Å². The van der Waals surface area contributed by atoms with Crippen molar-refractivity contribution in [3.05, 3.63) is 74.5 Å². The molecule has 2 aromatic carbocycles. The minimum atomic E-state index is -0.890. The van der Waals surface area contributed by atoms with E-state index in [9.17, 15) is 14.4 Å². The number of amidine groups is 1. The highest BCUT2D eigenvalue weighted by Crippen LogP contribution is 2.41. The molecule has 0 bridgehead atoms. The average molecular weight is 650 g/mol. The van der Waals surface area contributed by atoms with Crippen LogP contribution in [-0.2, 0) is 23.2 Å². The highest BCUT2D eigenvalue weighted by molar-refractivity contribution is 7.09. The Morgan fingerprint density at radius 2 is 1.80 bits per heavy atom. The number of carboxylic acids is 1. The number of thiophene rings is 1. The van der Waals surface area contributed by atoms with Crippen molar-refractivity contribution in [3.8, 4) is 17.2 Å². The van der Waals surface area contributed by atoms with E-state index in [2.05, 4.69) is 11.4 Å². The molecule has 1 aliphatic rings. The molecule has 0 atom stereocenters. The number of fused-ring (bicyclic) bond motifs is 1. The SMILES string of the molecule is CCOc1cc2c(cc1C(=O)NC)C(=N)N(CC(=O)c1cc(OCCCc3cccs3)c(OCCCC(=O)O)c(C(C)(C)C)c1)C2. The Morgan fingerprint density at radius 3 is 2.46 bits per heavy atom. The van der Waals surface area contributed by atoms with Crippen molar-refractivity contribution < 1.29 is 33.7 Å². The molecule has 4 rings (SSSR count). The lowest BCUT2D eigenvalue weighted by atomic mass is 9.84. The molecule has 46 heavy (non-hydrogen) atoms. The van der Waals surface area contributed by atoms with E-state index >= 15 is 0 Å². The van der Waals surface area contributed by atoms with E-state index in [-0.39, 0.29) is 37.1 Å². The van der Waals surface area contributed by atoms with E-state index in [1.807, 2.05) is 45.2 Å². The zero-order valence-corrected chi connectivity index (χ0v) is 28.0. The van der Waals surface area contributed by atoms with Crippen molar-refractivity contribution in [1.29, 1.82) is 5.41 Å². The molecule has 1 aromatic heterocycles. The minimum absolute atomic E-state index is 0.0146. The van der Waals surface area contributed by atoms with Gasteiger partial charge in [0.25, 0.3) is 5.91 Å². The molecular formula is C35H43N3O7S. The van der Waals surface area contributed by atoms with Gasteiger partial charge in [-0.2, -0.15) is 0 Å². The number of amides is 1. The van der Waals surface area contributed by atoms with Crippen molar-refractivity contribution in [2.24, 2.45) is 0 Å². The quantitative estimate of drug-likeness (QED) is 0.125. The molecule has 10 nitrogen and oxygen atoms in total. The Kier molecular flexibility index (Phi) is 11.4. The second-order valence-electron chi connectivity index (χ2n) is 12.1. The zero-order valence-electron chi connectivity index (χ0n) is 27.2. The van der Waals surface area contributed by atoms with Crippen molar-refractivity contribution >= 4 is 34.8 Å². The van der Waals surface area contributed by atoms with Crippen LogP contribution >= 0.6 is 11.3 Å². The monoisotopic (exact) mass is 649 g/mol. The Balaban J connectivity index is 1.60. The summed E-state index contributed by atoms with van der Waals surface area (Å²) in [7, 11) is 1.54. The molecule has 0 radical (unpaired) electrons. The molecule has 0 saturated heterocycles. The third kappa shape index (κ3) is 8.45. The lowest BCUT2D eigenvalue weighted by Gasteiger charge is -2.26. The number of rotatable bonds is 16. The van der Waals surface area contributed by atoms with E-state index in [0.29, 0.717) is 60.1 Å². The first-order valence-electron chi connectivity index (χ1n) is 15.5. The fourth-order valence-corrected chi connectivity index (χ4v) is 6.02. The van der Waals surface area contributed by atoms with Gasteiger partial charge in [0.2, 0.25) is 0 Å². The number of nitrogens with one attached hydrogen (secondary N) is 2. The molecule has 0 saturated carbocycles. The van der Waals surface area contributed by atoms with Crippen LogP contribution in [0, 0.1) is 5.41 Å². The number of ketones is 1. The second-order valence-corrected chi connectivity index (χ2v) is 13.2. The highest BCUT2D eigenvalue weighted by Gasteiger charge is 2.31. The Bertz CT molecular complexity index is 1580. The van der Waals surface area contributed by atoms with Gasteiger partial charge in [0.15, 0.2) is 17.3 Å². The van der Waals surface area contributed by atoms with Crippen LogP contribution in [0.25, 0.3) is 0 Å². The number of hydrogen-bond donors (Lipinski definition) is 3. The number of ether oxygens (including phenoxy) is 3. The number of hydrogen-bond acceptors (Lipinski definition) is 8. The van der Waals surface area contributed by atoms with Crippen LogP contribution in [0.4, 0.5) is 0 Å². The van der Waals surface area contributed by atoms with Gasteiger partial charge in [-0.1, -0.05) is 26.8 Å². The molecule has 11 heteroatoms. The van der Waals surface area contributed by atoms with Crippen LogP contribution in [0.2, 0.25) is 0 Å². The topological polar surface area (TPSA) is 138 Å². The third-order valence-electron chi connectivity index (χ3n) is 7.62. The van der Waals surface area contributed by atoms with Gasteiger partial charge in [0, 0.05) is 41.6 Å². The van der Waals surface area contributed by atoms with Gasteiger partial charge in [-0.3, -0.25) is 19.8 Å². The summed E-state index contributed by atoms with van der Waals surface area (Å²) in [5.41, 5.74) is 2.53. The first-order chi connectivity index (χ1) is 21.9. The largest absolute Gasteiger partial charge is 0.493 e. The summed E-state index contributed by atoms with van der Waals surface area (Å²) in [6, 6.07) is 11.0. The minimum Gasteiger partial charge on any atom is -0.493 e. The molecule has 0 spiro atoms. The molecule has 246 valence electrons. The number of aliphatic carboxylic acids is 1. The lowest BCUT2D eigenvalue weighted by molar-refractivity contribution is -0.137. The van der Waals surface area contributed by atoms with Crippen molar-refractivity contribution in [3.63, 3.8) is 0 Å². The standard InChI is InChI=1S/C35H43N3O7S/c1-6-43-29-18-23-20-38(33(36)25(23)19-26(29)34(42)37-5)21-28(39)22-16-27(35(2,3)4)32(45-14-8-12-31(40)41)30(17-22)44-13-7-10-24-11-9-15-46-24/h9,11,15-19,36H,6-8,10,12-14,20-21H2,1-5H3,(H,37,42)(H,40,41). The smallest absolute Gasteiger partial charge is 0.303 e. The van der Waals surface area contributed by atoms with Crippen LogP contribution < -0.4 is 19.5 Å². The van der Waals surface area contributed by atoms with E-state index in [0.717, 1.165) is 24.0 Å². The maximum atomic E-state index is 13.9. The van der Waals surface area contributed by atoms with Crippen LogP contribution in [0.15, 0.2) is 41.8 Å². The van der Waals surface area contributed by atoms with Gasteiger partial charge in [0.05, 0.1) is 31.9 Å². The second kappa shape index (κ2) is 15.3. The van der Waals surface area contributed by atoms with E-state index in [4.69, 9.17) is 24.7 Å². The Hall–Kier alpha value is -4.38. The Labute approximate surface area is 274 Å². The van der Waals surface area contributed by atoms with Crippen LogP contribution in [-0.4, -0.2) is 66.9 Å². The number of carboxylic acid groups (broad SMARTS) is 1. The number of carbonyl (C=O) groups excluding carboxylic acids is 2. The molecule has 0 fully saturated rings. The van der Waals surface area contributed by atoms with Gasteiger partial charge in [-0.05, 0) is 72.9 Å². The molecular weight excluding hydrogens is 606 g/mol. The molecule has 1 amide bonds. The predicted octanol–water partition coefficient (Wildman–Crippen LogP) is 6.08. The molecule has 3 aromatic rings. The molecule has 0 unspecified atom stereocenters. The fourth-order valence-electron chi connectivity index (χ4n) is 5.27. The summed E-state index contributed by atoms with van der Waals surface area (Å²) < 4.78 is 18.1. The highest BCUT2D eigenvalue weighted by atomic mass is 32.1. The summed E-state index contributed by atoms with van der Waals surface area (Å²) >= 11 is 1.70. The normalized spacial score (nSPS) is 12.5. The van der Waals surface area contributed by atoms with Crippen molar-refractivity contribution in [1.82, 2.24) is 10.2 Å². The number of nitrogens with zero attached hydrogens (tertiary/aromatic N) is 1. The summed E-state index contributed by atoms with van der Waals surface area (Å²) in [6.45, 7) is 9.18. The van der Waals surface area contributed by atoms with E-state index < -0.39 is 11.4 Å². The van der Waals surface area contributed by atoms with Crippen molar-refractivity contribution in [2.75, 3.05) is 33.4 Å². The zero-order chi connectivity index (χ0) is 33.4. The summed E-state index contributed by atoms with van der Waals surface area (Å²) in [5.74, 6) is 0.161. The molecule has 2 heterocycles. The Morgan fingerprint density at radius 1 is 1.04 bits per heavy atom. The maximum Gasteiger partial charge on any atom is 0.303 e. The number of aryl methyl sites for hydroxylation is 1. The van der Waals surface area contributed by atoms with E-state index in [1.165, 1.54) is 4.88 Å². The predicted molar refractivity (Wildman–Crippen MR) is 178 cm³/mol. The van der Waals surface area contributed by atoms with Gasteiger partial charge in [-0.15, -0.1) is 11.3 Å². The maximum absolute atomic E-state index is 13.9. The molecule has 0 aliphatic carbocycles. The van der Waals surface area contributed by atoms with Crippen LogP contribution in [0.5, 0.6) is 17.2 Å². The molecule has 3 N–H and O–H groups in total. The summed E-state index contributed by atoms with van der Waals surface area (Å²) in [6.07, 6.45) is 1.95. The summed E-state index contributed by atoms with van der Waals surface area (Å²) in [4.78, 5) is 40.4. The van der Waals surface area contributed by atoms with Gasteiger partial charge in [-0.25, -0.2) is 0 Å². The first kappa shape index (κ1) is 34.5. The average Bonchev–Trinajstić information content (AvgIpc) is 3.63. The number of carbonyl (C=O) groups is 3. The number of benzene rings is 2. The summed E-state index contributed by atoms with van der Waals surface area (Å²) in [5, 5.41) is 22.6. The van der Waals surface area contributed by atoms with E-state index in [1.54, 1.807) is 41.5 Å². The number of Topliss-reactive ketones (excluding diaryl/α,β-unsaturated/α-hetero) is 1. The lowest BCUT2D eigenvalue weighted by Crippen LogP contribution is -2.30. The van der Waals surface area contributed by atoms with Crippen LogP contribution in [0.3, 0.4) is 0 Å². The third-order valence-corrected chi connectivity index (χ3v) is 8.55. The fraction of sp³-hybridized carbons (Fsp3) is 0.429. The van der Waals surface area contributed by atoms with Gasteiger partial charge in [0.1, 0.15) is 11.6 Å².